The lowest BCUT2D eigenvalue weighted by Crippen LogP contribution is -2.08. The van der Waals surface area contributed by atoms with Crippen LogP contribution in [0.25, 0.3) is 0 Å². The van der Waals surface area contributed by atoms with Crippen molar-refractivity contribution in [1.29, 1.82) is 0 Å². The Morgan fingerprint density at radius 2 is 1.38 bits per heavy atom. The van der Waals surface area contributed by atoms with E-state index in [1.807, 2.05) is 0 Å². The molecule has 0 spiro atoms. The van der Waals surface area contributed by atoms with E-state index >= 15 is 0 Å². The Balaban J connectivity index is 1.67. The molecule has 0 aliphatic heterocycles. The molecule has 2 atom stereocenters. The molecular formula is C27H40N2. The summed E-state index contributed by atoms with van der Waals surface area (Å²) in [6.45, 7) is 13.5. The van der Waals surface area contributed by atoms with Crippen LogP contribution in [-0.4, -0.2) is 9.97 Å². The minimum absolute atomic E-state index is 0.481. The summed E-state index contributed by atoms with van der Waals surface area (Å²) in [6, 6.07) is 9.35. The summed E-state index contributed by atoms with van der Waals surface area (Å²) >= 11 is 0. The van der Waals surface area contributed by atoms with Crippen molar-refractivity contribution in [2.45, 2.75) is 110 Å². The van der Waals surface area contributed by atoms with Gasteiger partial charge in [-0.05, 0) is 98.6 Å². The summed E-state index contributed by atoms with van der Waals surface area (Å²) in [7, 11) is 0. The van der Waals surface area contributed by atoms with E-state index in [-0.39, 0.29) is 0 Å². The highest BCUT2D eigenvalue weighted by Gasteiger charge is 2.19. The maximum absolute atomic E-state index is 4.92. The fourth-order valence-corrected chi connectivity index (χ4v) is 4.76. The number of pyridine rings is 2. The summed E-state index contributed by atoms with van der Waals surface area (Å²) in [5, 5.41) is 0. The molecule has 0 saturated heterocycles. The molecule has 1 aliphatic rings. The van der Waals surface area contributed by atoms with E-state index in [1.54, 1.807) is 5.56 Å². The lowest BCUT2D eigenvalue weighted by atomic mass is 9.83. The third-order valence-electron chi connectivity index (χ3n) is 6.77. The van der Waals surface area contributed by atoms with E-state index in [9.17, 15) is 0 Å². The van der Waals surface area contributed by atoms with Gasteiger partial charge in [0.05, 0.1) is 0 Å². The summed E-state index contributed by atoms with van der Waals surface area (Å²) in [6.07, 6.45) is 9.27. The van der Waals surface area contributed by atoms with Crippen LogP contribution in [-0.2, 0) is 0 Å². The lowest BCUT2D eigenvalue weighted by Gasteiger charge is -2.24. The summed E-state index contributed by atoms with van der Waals surface area (Å²) in [5.74, 6) is 2.30. The van der Waals surface area contributed by atoms with Crippen LogP contribution in [0.2, 0.25) is 0 Å². The molecule has 1 fully saturated rings. The minimum Gasteiger partial charge on any atom is -0.258 e. The largest absolute Gasteiger partial charge is 0.258 e. The molecule has 2 heterocycles. The Kier molecular flexibility index (Phi) is 7.49. The third-order valence-corrected chi connectivity index (χ3v) is 6.77. The molecule has 158 valence electrons. The van der Waals surface area contributed by atoms with Crippen LogP contribution in [0.5, 0.6) is 0 Å². The number of aryl methyl sites for hydroxylation is 2. The third kappa shape index (κ3) is 5.90. The minimum atomic E-state index is 0.481. The van der Waals surface area contributed by atoms with Gasteiger partial charge in [0.25, 0.3) is 0 Å². The molecule has 2 nitrogen and oxygen atoms in total. The van der Waals surface area contributed by atoms with Crippen LogP contribution >= 0.6 is 0 Å². The molecule has 1 aliphatic carbocycles. The van der Waals surface area contributed by atoms with E-state index in [0.717, 1.165) is 11.6 Å². The number of rotatable bonds is 7. The van der Waals surface area contributed by atoms with Crippen molar-refractivity contribution in [3.05, 3.63) is 58.2 Å². The highest BCUT2D eigenvalue weighted by Crippen LogP contribution is 2.35. The Morgan fingerprint density at radius 3 is 2.07 bits per heavy atom. The van der Waals surface area contributed by atoms with Crippen molar-refractivity contribution < 1.29 is 0 Å². The molecule has 2 aromatic rings. The zero-order chi connectivity index (χ0) is 21.0. The van der Waals surface area contributed by atoms with Crippen LogP contribution in [0.3, 0.4) is 0 Å². The number of hydrogen-bond acceptors (Lipinski definition) is 2. The summed E-state index contributed by atoms with van der Waals surface area (Å²) in [5.41, 5.74) is 7.83. The van der Waals surface area contributed by atoms with Crippen LogP contribution in [0.15, 0.2) is 24.3 Å². The van der Waals surface area contributed by atoms with Crippen molar-refractivity contribution >= 4 is 0 Å². The van der Waals surface area contributed by atoms with Crippen molar-refractivity contribution in [3.8, 4) is 0 Å². The number of nitrogens with zero attached hydrogens (tertiary/aromatic N) is 2. The molecule has 3 rings (SSSR count). The Morgan fingerprint density at radius 1 is 0.759 bits per heavy atom. The molecule has 1 saturated carbocycles. The quantitative estimate of drug-likeness (QED) is 0.477. The second kappa shape index (κ2) is 9.87. The zero-order valence-electron chi connectivity index (χ0n) is 19.5. The molecule has 0 N–H and O–H groups in total. The fraction of sp³-hybridized carbons (Fsp3) is 0.630. The van der Waals surface area contributed by atoms with Gasteiger partial charge < -0.3 is 0 Å². The maximum atomic E-state index is 4.92. The van der Waals surface area contributed by atoms with Gasteiger partial charge in [-0.3, -0.25) is 9.97 Å². The molecular weight excluding hydrogens is 352 g/mol. The van der Waals surface area contributed by atoms with Crippen LogP contribution in [0.1, 0.15) is 130 Å². The topological polar surface area (TPSA) is 25.8 Å². The summed E-state index contributed by atoms with van der Waals surface area (Å²) in [4.78, 5) is 9.63. The first-order valence-electron chi connectivity index (χ1n) is 11.8. The smallest absolute Gasteiger partial charge is 0.0437 e. The predicted octanol–water partition coefficient (Wildman–Crippen LogP) is 7.95. The zero-order valence-corrected chi connectivity index (χ0v) is 19.5. The van der Waals surface area contributed by atoms with E-state index in [4.69, 9.17) is 9.97 Å². The lowest BCUT2D eigenvalue weighted by molar-refractivity contribution is 0.442. The molecule has 0 amide bonds. The summed E-state index contributed by atoms with van der Waals surface area (Å²) < 4.78 is 0. The number of hydrogen-bond donors (Lipinski definition) is 0. The van der Waals surface area contributed by atoms with Gasteiger partial charge in [0, 0.05) is 22.8 Å². The van der Waals surface area contributed by atoms with Gasteiger partial charge in [0.15, 0.2) is 0 Å². The molecule has 0 aromatic carbocycles. The highest BCUT2D eigenvalue weighted by atomic mass is 14.7. The van der Waals surface area contributed by atoms with Crippen LogP contribution in [0.4, 0.5) is 0 Å². The molecule has 2 aromatic heterocycles. The van der Waals surface area contributed by atoms with Gasteiger partial charge >= 0.3 is 0 Å². The van der Waals surface area contributed by atoms with Crippen molar-refractivity contribution in [3.63, 3.8) is 0 Å². The monoisotopic (exact) mass is 392 g/mol. The highest BCUT2D eigenvalue weighted by molar-refractivity contribution is 5.28. The van der Waals surface area contributed by atoms with Gasteiger partial charge in [-0.25, -0.2) is 0 Å². The van der Waals surface area contributed by atoms with Crippen LogP contribution in [0, 0.1) is 13.8 Å². The maximum Gasteiger partial charge on any atom is 0.0437 e. The van der Waals surface area contributed by atoms with Gasteiger partial charge in [-0.1, -0.05) is 47.0 Å². The first-order chi connectivity index (χ1) is 13.8. The number of aromatic nitrogens is 2. The second-order valence-electron chi connectivity index (χ2n) is 9.80. The van der Waals surface area contributed by atoms with E-state index in [0.29, 0.717) is 17.8 Å². The Labute approximate surface area is 178 Å². The van der Waals surface area contributed by atoms with Crippen molar-refractivity contribution in [1.82, 2.24) is 9.97 Å². The molecule has 0 radical (unpaired) electrons. The van der Waals surface area contributed by atoms with E-state index in [1.165, 1.54) is 67.6 Å². The molecule has 29 heavy (non-hydrogen) atoms. The van der Waals surface area contributed by atoms with Crippen molar-refractivity contribution in [2.24, 2.45) is 0 Å². The average Bonchev–Trinajstić information content (AvgIpc) is 2.71. The van der Waals surface area contributed by atoms with E-state index < -0.39 is 0 Å². The standard InChI is InChI=1S/C27H40N2/c1-18(2)26-16-24(14-21(5)28-26)19(3)12-13-20(4)27-17-25(15-22(6)29-27)23-10-8-7-9-11-23/h14-20,23H,7-13H2,1-6H3. The SMILES string of the molecule is Cc1cc(C(C)CCC(C)c2cc(C3CCCCC3)cc(C)n2)cc(C(C)C)n1. The average molecular weight is 393 g/mol. The van der Waals surface area contributed by atoms with Gasteiger partial charge in [-0.15, -0.1) is 0 Å². The first-order valence-corrected chi connectivity index (χ1v) is 11.8. The fourth-order valence-electron chi connectivity index (χ4n) is 4.76. The van der Waals surface area contributed by atoms with Gasteiger partial charge in [0.1, 0.15) is 0 Å². The Bertz CT molecular complexity index is 802. The molecule has 2 unspecified atom stereocenters. The normalized spacial score (nSPS) is 17.5. The van der Waals surface area contributed by atoms with Gasteiger partial charge in [0.2, 0.25) is 0 Å². The first kappa shape index (κ1) is 22.0. The molecule has 2 heteroatoms. The predicted molar refractivity (Wildman–Crippen MR) is 124 cm³/mol. The van der Waals surface area contributed by atoms with Crippen molar-refractivity contribution in [2.75, 3.05) is 0 Å². The van der Waals surface area contributed by atoms with Crippen LogP contribution < -0.4 is 0 Å². The van der Waals surface area contributed by atoms with Gasteiger partial charge in [-0.2, -0.15) is 0 Å². The second-order valence-corrected chi connectivity index (χ2v) is 9.80. The van der Waals surface area contributed by atoms with E-state index in [2.05, 4.69) is 65.8 Å². The molecule has 0 bridgehead atoms. The Hall–Kier alpha value is -1.70.